The van der Waals surface area contributed by atoms with Gasteiger partial charge in [0, 0.05) is 12.6 Å². The van der Waals surface area contributed by atoms with Crippen LogP contribution in [0.25, 0.3) is 0 Å². The van der Waals surface area contributed by atoms with E-state index in [1.54, 1.807) is 9.80 Å². The molecule has 1 fully saturated rings. The molecule has 0 aliphatic carbocycles. The number of hydrogen-bond donors (Lipinski definition) is 0. The quantitative estimate of drug-likeness (QED) is 0.804. The molecule has 0 aromatic carbocycles. The summed E-state index contributed by atoms with van der Waals surface area (Å²) in [5.41, 5.74) is 0.862. The Balaban J connectivity index is 2.20. The summed E-state index contributed by atoms with van der Waals surface area (Å²) in [7, 11) is 0. The number of amides is 2. The largest absolute Gasteiger partial charge is 0.359 e. The van der Waals surface area contributed by atoms with E-state index in [0.717, 1.165) is 12.1 Å². The Morgan fingerprint density at radius 2 is 2.09 bits per heavy atom. The highest BCUT2D eigenvalue weighted by Gasteiger charge is 2.39. The van der Waals surface area contributed by atoms with Crippen molar-refractivity contribution in [1.82, 2.24) is 15.0 Å². The normalized spacial score (nSPS) is 19.4. The van der Waals surface area contributed by atoms with Crippen LogP contribution in [0, 0.1) is 5.92 Å². The van der Waals surface area contributed by atoms with Crippen LogP contribution in [0.1, 0.15) is 45.6 Å². The second-order valence-electron chi connectivity index (χ2n) is 6.16. The standard InChI is InChI=1S/C16H25N3O3/c1-5-12-8-13(22-17-12)9-19-14(7-11(3)4)16(21)18(6-2)10-15(19)20/h8,11,14H,5-7,9-10H2,1-4H3/t14-/m0/s1. The molecule has 6 heteroatoms. The number of hydrogen-bond acceptors (Lipinski definition) is 4. The van der Waals surface area contributed by atoms with Crippen LogP contribution in [0.4, 0.5) is 0 Å². The van der Waals surface area contributed by atoms with Crippen molar-refractivity contribution in [2.75, 3.05) is 13.1 Å². The Hall–Kier alpha value is -1.85. The van der Waals surface area contributed by atoms with Gasteiger partial charge < -0.3 is 14.3 Å². The van der Waals surface area contributed by atoms with Gasteiger partial charge in [0.25, 0.3) is 0 Å². The van der Waals surface area contributed by atoms with Gasteiger partial charge in [-0.2, -0.15) is 0 Å². The molecule has 0 saturated carbocycles. The molecule has 0 unspecified atom stereocenters. The monoisotopic (exact) mass is 307 g/mol. The van der Waals surface area contributed by atoms with E-state index in [-0.39, 0.29) is 18.4 Å². The lowest BCUT2D eigenvalue weighted by Crippen LogP contribution is -2.59. The summed E-state index contributed by atoms with van der Waals surface area (Å²) in [6.45, 7) is 9.05. The zero-order chi connectivity index (χ0) is 16.3. The molecule has 2 amide bonds. The molecule has 2 heterocycles. The van der Waals surface area contributed by atoms with E-state index < -0.39 is 6.04 Å². The number of rotatable bonds is 6. The van der Waals surface area contributed by atoms with Gasteiger partial charge in [-0.05, 0) is 25.7 Å². The topological polar surface area (TPSA) is 66.7 Å². The highest BCUT2D eigenvalue weighted by atomic mass is 16.5. The zero-order valence-electron chi connectivity index (χ0n) is 13.8. The Bertz CT molecular complexity index is 538. The zero-order valence-corrected chi connectivity index (χ0v) is 13.8. The first kappa shape index (κ1) is 16.5. The number of aromatic nitrogens is 1. The number of aryl methyl sites for hydroxylation is 1. The van der Waals surface area contributed by atoms with Crippen LogP contribution < -0.4 is 0 Å². The van der Waals surface area contributed by atoms with Gasteiger partial charge in [0.05, 0.1) is 18.8 Å². The Morgan fingerprint density at radius 1 is 1.36 bits per heavy atom. The van der Waals surface area contributed by atoms with Crippen LogP contribution in [-0.2, 0) is 22.6 Å². The van der Waals surface area contributed by atoms with Crippen LogP contribution >= 0.6 is 0 Å². The van der Waals surface area contributed by atoms with Crippen molar-refractivity contribution in [3.05, 3.63) is 17.5 Å². The Labute approximate surface area is 131 Å². The second-order valence-corrected chi connectivity index (χ2v) is 6.16. The molecule has 1 aliphatic heterocycles. The fraction of sp³-hybridized carbons (Fsp3) is 0.688. The molecular weight excluding hydrogens is 282 g/mol. The predicted molar refractivity (Wildman–Crippen MR) is 81.9 cm³/mol. The smallest absolute Gasteiger partial charge is 0.245 e. The van der Waals surface area contributed by atoms with Crippen molar-refractivity contribution < 1.29 is 14.1 Å². The van der Waals surface area contributed by atoms with E-state index in [1.807, 2.05) is 19.9 Å². The first-order chi connectivity index (χ1) is 10.5. The minimum absolute atomic E-state index is 0.0263. The summed E-state index contributed by atoms with van der Waals surface area (Å²) in [5, 5.41) is 3.95. The van der Waals surface area contributed by atoms with E-state index in [2.05, 4.69) is 19.0 Å². The van der Waals surface area contributed by atoms with Gasteiger partial charge in [0.1, 0.15) is 6.04 Å². The molecule has 1 saturated heterocycles. The fourth-order valence-corrected chi connectivity index (χ4v) is 2.76. The molecule has 22 heavy (non-hydrogen) atoms. The third-order valence-electron chi connectivity index (χ3n) is 3.99. The van der Waals surface area contributed by atoms with Gasteiger partial charge in [-0.25, -0.2) is 0 Å². The van der Waals surface area contributed by atoms with Crippen molar-refractivity contribution >= 4 is 11.8 Å². The molecule has 0 bridgehead atoms. The second kappa shape index (κ2) is 6.94. The number of piperazine rings is 1. The van der Waals surface area contributed by atoms with E-state index in [4.69, 9.17) is 4.52 Å². The van der Waals surface area contributed by atoms with Crippen LogP contribution in [0.15, 0.2) is 10.6 Å². The van der Waals surface area contributed by atoms with Crippen LogP contribution in [0.2, 0.25) is 0 Å². The summed E-state index contributed by atoms with van der Waals surface area (Å²) < 4.78 is 5.28. The predicted octanol–water partition coefficient (Wildman–Crippen LogP) is 1.84. The maximum atomic E-state index is 12.6. The number of carbonyl (C=O) groups excluding carboxylic acids is 2. The first-order valence-corrected chi connectivity index (χ1v) is 7.98. The van der Waals surface area contributed by atoms with Gasteiger partial charge >= 0.3 is 0 Å². The molecule has 0 radical (unpaired) electrons. The van der Waals surface area contributed by atoms with E-state index in [9.17, 15) is 9.59 Å². The van der Waals surface area contributed by atoms with Gasteiger partial charge in [0.2, 0.25) is 11.8 Å². The summed E-state index contributed by atoms with van der Waals surface area (Å²) in [6, 6.07) is 1.45. The number of nitrogens with zero attached hydrogens (tertiary/aromatic N) is 3. The van der Waals surface area contributed by atoms with Crippen molar-refractivity contribution in [2.24, 2.45) is 5.92 Å². The number of carbonyl (C=O) groups is 2. The number of likely N-dealkylation sites (N-methyl/N-ethyl adjacent to an activating group) is 1. The summed E-state index contributed by atoms with van der Waals surface area (Å²) in [5.74, 6) is 0.978. The third-order valence-corrected chi connectivity index (χ3v) is 3.99. The fourth-order valence-electron chi connectivity index (χ4n) is 2.76. The summed E-state index contributed by atoms with van der Waals surface area (Å²) in [6.07, 6.45) is 1.45. The Kier molecular flexibility index (Phi) is 5.21. The van der Waals surface area contributed by atoms with Gasteiger partial charge in [-0.15, -0.1) is 0 Å². The maximum Gasteiger partial charge on any atom is 0.245 e. The molecule has 0 spiro atoms. The average molecular weight is 307 g/mol. The van der Waals surface area contributed by atoms with Gasteiger partial charge in [-0.1, -0.05) is 25.9 Å². The highest BCUT2D eigenvalue weighted by molar-refractivity contribution is 5.94. The highest BCUT2D eigenvalue weighted by Crippen LogP contribution is 2.22. The molecule has 1 aliphatic rings. The van der Waals surface area contributed by atoms with Crippen LogP contribution in [0.5, 0.6) is 0 Å². The Morgan fingerprint density at radius 3 is 2.64 bits per heavy atom. The van der Waals surface area contributed by atoms with Crippen LogP contribution in [-0.4, -0.2) is 45.9 Å². The van der Waals surface area contributed by atoms with Gasteiger partial charge in [0.15, 0.2) is 5.76 Å². The molecule has 1 atom stereocenters. The van der Waals surface area contributed by atoms with E-state index in [0.29, 0.717) is 31.2 Å². The maximum absolute atomic E-state index is 12.6. The van der Waals surface area contributed by atoms with Crippen molar-refractivity contribution in [1.29, 1.82) is 0 Å². The molecule has 0 N–H and O–H groups in total. The SMILES string of the molecule is CCc1cc(CN2C(=O)CN(CC)C(=O)[C@@H]2CC(C)C)on1. The lowest BCUT2D eigenvalue weighted by molar-refractivity contribution is -0.157. The van der Waals surface area contributed by atoms with Crippen molar-refractivity contribution in [2.45, 2.75) is 53.1 Å². The van der Waals surface area contributed by atoms with Crippen molar-refractivity contribution in [3.63, 3.8) is 0 Å². The summed E-state index contributed by atoms with van der Waals surface area (Å²) >= 11 is 0. The minimum Gasteiger partial charge on any atom is -0.359 e. The lowest BCUT2D eigenvalue weighted by atomic mass is 9.98. The lowest BCUT2D eigenvalue weighted by Gasteiger charge is -2.40. The molecular formula is C16H25N3O3. The van der Waals surface area contributed by atoms with Crippen molar-refractivity contribution in [3.8, 4) is 0 Å². The minimum atomic E-state index is -0.406. The van der Waals surface area contributed by atoms with E-state index >= 15 is 0 Å². The third kappa shape index (κ3) is 3.48. The summed E-state index contributed by atoms with van der Waals surface area (Å²) in [4.78, 5) is 28.3. The first-order valence-electron chi connectivity index (χ1n) is 7.98. The molecule has 6 nitrogen and oxygen atoms in total. The molecule has 1 aromatic heterocycles. The van der Waals surface area contributed by atoms with E-state index in [1.165, 1.54) is 0 Å². The molecule has 1 aromatic rings. The molecule has 2 rings (SSSR count). The van der Waals surface area contributed by atoms with Crippen LogP contribution in [0.3, 0.4) is 0 Å². The average Bonchev–Trinajstić information content (AvgIpc) is 2.93. The van der Waals surface area contributed by atoms with Gasteiger partial charge in [-0.3, -0.25) is 9.59 Å². The molecule has 122 valence electrons.